The van der Waals surface area contributed by atoms with E-state index in [-0.39, 0.29) is 44.6 Å². The quantitative estimate of drug-likeness (QED) is 0.159. The lowest BCUT2D eigenvalue weighted by Gasteiger charge is -2.48. The third-order valence-corrected chi connectivity index (χ3v) is 20.2. The minimum atomic E-state index is -0.172. The summed E-state index contributed by atoms with van der Waals surface area (Å²) in [5.74, 6) is 0. The largest absolute Gasteiger partial charge is 0.311 e. The van der Waals surface area contributed by atoms with Crippen molar-refractivity contribution in [3.63, 3.8) is 0 Å². The van der Waals surface area contributed by atoms with Crippen LogP contribution in [0.2, 0.25) is 0 Å². The normalized spacial score (nSPS) is 18.1. The third-order valence-electron chi connectivity index (χ3n) is 20.2. The van der Waals surface area contributed by atoms with E-state index in [0.29, 0.717) is 0 Å². The molecule has 0 saturated heterocycles. The number of hydrogen-bond acceptors (Lipinski definition) is 3. The second kappa shape index (κ2) is 17.1. The Morgan fingerprint density at radius 2 is 0.912 bits per heavy atom. The molecule has 0 aromatic heterocycles. The van der Waals surface area contributed by atoms with E-state index in [4.69, 9.17) is 0 Å². The second-order valence-corrected chi connectivity index (χ2v) is 30.2. The molecule has 3 aliphatic carbocycles. The fourth-order valence-corrected chi connectivity index (χ4v) is 15.7. The maximum absolute atomic E-state index is 2.73. The molecule has 0 N–H and O–H groups in total. The van der Waals surface area contributed by atoms with Crippen LogP contribution in [-0.4, -0.2) is 6.71 Å². The van der Waals surface area contributed by atoms with Gasteiger partial charge in [0.05, 0.1) is 0 Å². The highest BCUT2D eigenvalue weighted by atomic mass is 15.2. The number of rotatable bonds is 5. The van der Waals surface area contributed by atoms with Crippen molar-refractivity contribution in [1.29, 1.82) is 0 Å². The van der Waals surface area contributed by atoms with Crippen LogP contribution >= 0.6 is 0 Å². The SMILES string of the molecule is Cc1cc2c3c(c1)N(c1cc4c(cc1C)C(C)(C)CC4(C)C)c1cc4c(cc1B3c1ccc(N(c3ccc(C(C)(C)C)cc3)c3ccc(C(C)(C)C)cc3)cc1N2c1ccc2c(c1)C(C)(C)c1ccccc1-2)C(C)(C)CCC4(C)C. The first-order valence-electron chi connectivity index (χ1n) is 30.0. The fraction of sp³-hybridized carbons (Fsp3) is 0.368. The number of nitrogens with zero attached hydrogens (tertiary/aromatic N) is 3. The lowest BCUT2D eigenvalue weighted by Crippen LogP contribution is -2.62. The van der Waals surface area contributed by atoms with Crippen LogP contribution < -0.4 is 31.1 Å². The van der Waals surface area contributed by atoms with Gasteiger partial charge in [0.1, 0.15) is 0 Å². The molecule has 0 bridgehead atoms. The van der Waals surface area contributed by atoms with Gasteiger partial charge in [-0.2, -0.15) is 0 Å². The van der Waals surface area contributed by atoms with Crippen molar-refractivity contribution in [3.8, 4) is 11.1 Å². The zero-order valence-corrected chi connectivity index (χ0v) is 51.4. The van der Waals surface area contributed by atoms with Crippen molar-refractivity contribution < 1.29 is 0 Å². The summed E-state index contributed by atoms with van der Waals surface area (Å²) in [5.41, 5.74) is 31.9. The molecule has 0 radical (unpaired) electrons. The molecule has 0 fully saturated rings. The van der Waals surface area contributed by atoms with Gasteiger partial charge in [-0.15, -0.1) is 0 Å². The average molecular weight is 1050 g/mol. The molecule has 13 rings (SSSR count). The monoisotopic (exact) mass is 1050 g/mol. The van der Waals surface area contributed by atoms with Crippen LogP contribution in [0.25, 0.3) is 11.1 Å². The van der Waals surface area contributed by atoms with Gasteiger partial charge >= 0.3 is 0 Å². The zero-order chi connectivity index (χ0) is 56.8. The van der Waals surface area contributed by atoms with E-state index >= 15 is 0 Å². The molecule has 8 aromatic carbocycles. The molecule has 80 heavy (non-hydrogen) atoms. The Labute approximate surface area is 480 Å². The highest BCUT2D eigenvalue weighted by molar-refractivity contribution is 7.00. The van der Waals surface area contributed by atoms with Gasteiger partial charge in [0, 0.05) is 56.6 Å². The predicted molar refractivity (Wildman–Crippen MR) is 346 cm³/mol. The Morgan fingerprint density at radius 1 is 0.412 bits per heavy atom. The molecular formula is C76H84BN3. The Balaban J connectivity index is 1.12. The van der Waals surface area contributed by atoms with E-state index in [9.17, 15) is 0 Å². The average Bonchev–Trinajstić information content (AvgIpc) is 1.29. The van der Waals surface area contributed by atoms with Gasteiger partial charge in [0.25, 0.3) is 6.71 Å². The molecule has 2 heterocycles. The molecule has 0 amide bonds. The number of hydrogen-bond donors (Lipinski definition) is 0. The van der Waals surface area contributed by atoms with Crippen molar-refractivity contribution in [1.82, 2.24) is 0 Å². The number of aryl methyl sites for hydroxylation is 2. The highest BCUT2D eigenvalue weighted by Gasteiger charge is 2.49. The Morgan fingerprint density at radius 3 is 1.51 bits per heavy atom. The fourth-order valence-electron chi connectivity index (χ4n) is 15.7. The molecule has 8 aromatic rings. The Hall–Kier alpha value is -6.78. The van der Waals surface area contributed by atoms with Gasteiger partial charge in [-0.1, -0.05) is 184 Å². The Bertz CT molecular complexity index is 3830. The first kappa shape index (κ1) is 52.6. The highest BCUT2D eigenvalue weighted by Crippen LogP contribution is 2.56. The van der Waals surface area contributed by atoms with Crippen LogP contribution in [-0.2, 0) is 37.9 Å². The van der Waals surface area contributed by atoms with E-state index in [1.807, 2.05) is 0 Å². The molecule has 4 heteroatoms. The summed E-state index contributed by atoms with van der Waals surface area (Å²) in [6.45, 7) is 43.2. The number of benzene rings is 8. The smallest absolute Gasteiger partial charge is 0.252 e. The minimum Gasteiger partial charge on any atom is -0.311 e. The van der Waals surface area contributed by atoms with Crippen LogP contribution in [0.1, 0.15) is 186 Å². The maximum Gasteiger partial charge on any atom is 0.252 e. The number of anilines is 9. The van der Waals surface area contributed by atoms with Crippen molar-refractivity contribution >= 4 is 74.3 Å². The molecule has 2 aliphatic heterocycles. The van der Waals surface area contributed by atoms with Crippen LogP contribution in [0, 0.1) is 13.8 Å². The van der Waals surface area contributed by atoms with Crippen molar-refractivity contribution in [2.45, 2.75) is 182 Å². The van der Waals surface area contributed by atoms with E-state index in [1.165, 1.54) is 117 Å². The molecule has 0 unspecified atom stereocenters. The summed E-state index contributed by atoms with van der Waals surface area (Å²) in [5, 5.41) is 0. The summed E-state index contributed by atoms with van der Waals surface area (Å²) < 4.78 is 0. The van der Waals surface area contributed by atoms with Crippen molar-refractivity contribution in [2.24, 2.45) is 0 Å². The second-order valence-electron chi connectivity index (χ2n) is 30.2. The minimum absolute atomic E-state index is 0.0218. The summed E-state index contributed by atoms with van der Waals surface area (Å²) >= 11 is 0. The van der Waals surface area contributed by atoms with Gasteiger partial charge in [0.2, 0.25) is 0 Å². The van der Waals surface area contributed by atoms with Crippen LogP contribution in [0.4, 0.5) is 51.2 Å². The van der Waals surface area contributed by atoms with Crippen LogP contribution in [0.5, 0.6) is 0 Å². The van der Waals surface area contributed by atoms with E-state index in [0.717, 1.165) is 36.3 Å². The summed E-state index contributed by atoms with van der Waals surface area (Å²) in [6.07, 6.45) is 3.45. The molecular weight excluding hydrogens is 966 g/mol. The standard InChI is InChI=1S/C76H84BN3/c1-46-37-67-69-68(38-46)80(64-43-61-58(39-47(64)2)74(13,14)45-75(61,15)16)66-44-60-59(72(9,10)35-36-73(60,11)12)42-63(66)77(69)62-34-32-53(41-65(62)79(67)52-31-33-55-54-21-19-20-22-56(54)76(17,18)57(55)40-52)78(50-27-23-48(24-28-50)70(3,4)5)51-29-25-49(26-30-51)71(6,7)8/h19-34,37-44H,35-36,45H2,1-18H3. The third kappa shape index (κ3) is 7.87. The van der Waals surface area contributed by atoms with Gasteiger partial charge in [-0.3, -0.25) is 0 Å². The zero-order valence-electron chi connectivity index (χ0n) is 51.4. The molecule has 406 valence electrons. The molecule has 5 aliphatic rings. The molecule has 3 nitrogen and oxygen atoms in total. The summed E-state index contributed by atoms with van der Waals surface area (Å²) in [6, 6.07) is 58.2. The van der Waals surface area contributed by atoms with Gasteiger partial charge in [-0.05, 0) is 222 Å². The first-order valence-corrected chi connectivity index (χ1v) is 30.0. The van der Waals surface area contributed by atoms with Crippen LogP contribution in [0.15, 0.2) is 146 Å². The van der Waals surface area contributed by atoms with Gasteiger partial charge < -0.3 is 14.7 Å². The van der Waals surface area contributed by atoms with E-state index < -0.39 is 0 Å². The van der Waals surface area contributed by atoms with Crippen LogP contribution in [0.3, 0.4) is 0 Å². The number of fused-ring (bicyclic) bond motifs is 9. The topological polar surface area (TPSA) is 9.72 Å². The van der Waals surface area contributed by atoms with Crippen molar-refractivity contribution in [3.05, 3.63) is 201 Å². The molecule has 0 atom stereocenters. The van der Waals surface area contributed by atoms with E-state index in [1.54, 1.807) is 0 Å². The summed E-state index contributed by atoms with van der Waals surface area (Å²) in [7, 11) is 0. The predicted octanol–water partition coefficient (Wildman–Crippen LogP) is 19.1. The van der Waals surface area contributed by atoms with E-state index in [2.05, 4.69) is 285 Å². The Kier molecular flexibility index (Phi) is 11.3. The maximum atomic E-state index is 2.73. The van der Waals surface area contributed by atoms with Crippen molar-refractivity contribution in [2.75, 3.05) is 14.7 Å². The van der Waals surface area contributed by atoms with Gasteiger partial charge in [0.15, 0.2) is 0 Å². The molecule has 0 saturated carbocycles. The lowest BCUT2D eigenvalue weighted by molar-refractivity contribution is 0.332. The van der Waals surface area contributed by atoms with Gasteiger partial charge in [-0.25, -0.2) is 0 Å². The first-order chi connectivity index (χ1) is 37.5. The lowest BCUT2D eigenvalue weighted by atomic mass is 9.33. The molecule has 0 spiro atoms. The summed E-state index contributed by atoms with van der Waals surface area (Å²) in [4.78, 5) is 7.89.